The lowest BCUT2D eigenvalue weighted by molar-refractivity contribution is 0.0994. The fraction of sp³-hybridized carbons (Fsp3) is 0.462. The second-order valence-corrected chi connectivity index (χ2v) is 5.80. The molecule has 0 bridgehead atoms. The highest BCUT2D eigenvalue weighted by molar-refractivity contribution is 6.43. The van der Waals surface area contributed by atoms with Crippen molar-refractivity contribution in [2.45, 2.75) is 31.9 Å². The molecule has 0 radical (unpaired) electrons. The van der Waals surface area contributed by atoms with Gasteiger partial charge in [-0.15, -0.1) is 5.10 Å². The van der Waals surface area contributed by atoms with Crippen molar-refractivity contribution < 1.29 is 4.74 Å². The molecule has 1 atom stereocenters. The lowest BCUT2D eigenvalue weighted by atomic mass is 10.1. The molecule has 1 fully saturated rings. The molecule has 2 N–H and O–H groups in total. The molecule has 0 amide bonds. The standard InChI is InChI=1S/C13H15Cl2N5O/c14-11-7-8(16)6-10(12(11)15)13-17-18-19-20(13)4-3-9-2-1-5-21-9/h6-7,9H,1-5,16H2. The molecule has 112 valence electrons. The maximum atomic E-state index is 6.23. The van der Waals surface area contributed by atoms with Gasteiger partial charge in [-0.1, -0.05) is 23.2 Å². The maximum absolute atomic E-state index is 6.23. The van der Waals surface area contributed by atoms with Crippen LogP contribution >= 0.6 is 23.2 Å². The zero-order valence-corrected chi connectivity index (χ0v) is 12.8. The van der Waals surface area contributed by atoms with Gasteiger partial charge in [-0.25, -0.2) is 4.68 Å². The molecule has 2 aromatic rings. The highest BCUT2D eigenvalue weighted by atomic mass is 35.5. The summed E-state index contributed by atoms with van der Waals surface area (Å²) in [7, 11) is 0. The lowest BCUT2D eigenvalue weighted by Gasteiger charge is -2.11. The van der Waals surface area contributed by atoms with Crippen molar-refractivity contribution in [3.63, 3.8) is 0 Å². The lowest BCUT2D eigenvalue weighted by Crippen LogP contribution is -2.12. The van der Waals surface area contributed by atoms with E-state index in [2.05, 4.69) is 15.5 Å². The Morgan fingerprint density at radius 1 is 1.38 bits per heavy atom. The zero-order chi connectivity index (χ0) is 14.8. The molecule has 0 spiro atoms. The molecule has 1 unspecified atom stereocenters. The van der Waals surface area contributed by atoms with Gasteiger partial charge in [0.25, 0.3) is 0 Å². The third-order valence-corrected chi connectivity index (χ3v) is 4.31. The summed E-state index contributed by atoms with van der Waals surface area (Å²) in [6.45, 7) is 1.50. The molecule has 3 rings (SSSR count). The Morgan fingerprint density at radius 3 is 3.00 bits per heavy atom. The largest absolute Gasteiger partial charge is 0.399 e. The number of nitrogens with zero attached hydrogens (tertiary/aromatic N) is 4. The molecule has 2 heterocycles. The van der Waals surface area contributed by atoms with Crippen LogP contribution in [0.1, 0.15) is 19.3 Å². The fourth-order valence-corrected chi connectivity index (χ4v) is 2.88. The van der Waals surface area contributed by atoms with Gasteiger partial charge in [0, 0.05) is 24.4 Å². The average Bonchev–Trinajstić information content (AvgIpc) is 3.11. The van der Waals surface area contributed by atoms with Crippen molar-refractivity contribution in [2.24, 2.45) is 0 Å². The molecule has 1 aromatic heterocycles. The Labute approximate surface area is 132 Å². The predicted octanol–water partition coefficient (Wildman–Crippen LogP) is 2.80. The topological polar surface area (TPSA) is 78.9 Å². The van der Waals surface area contributed by atoms with E-state index >= 15 is 0 Å². The highest BCUT2D eigenvalue weighted by Gasteiger charge is 2.19. The van der Waals surface area contributed by atoms with Crippen LogP contribution in [0.25, 0.3) is 11.4 Å². The van der Waals surface area contributed by atoms with E-state index in [1.807, 2.05) is 0 Å². The van der Waals surface area contributed by atoms with Crippen LogP contribution in [0.5, 0.6) is 0 Å². The van der Waals surface area contributed by atoms with E-state index in [1.54, 1.807) is 16.8 Å². The summed E-state index contributed by atoms with van der Waals surface area (Å²) in [6, 6.07) is 3.33. The summed E-state index contributed by atoms with van der Waals surface area (Å²) in [5.41, 5.74) is 6.98. The molecule has 8 heteroatoms. The van der Waals surface area contributed by atoms with Gasteiger partial charge < -0.3 is 10.5 Å². The average molecular weight is 328 g/mol. The summed E-state index contributed by atoms with van der Waals surface area (Å²) in [4.78, 5) is 0. The summed E-state index contributed by atoms with van der Waals surface area (Å²) < 4.78 is 7.32. The van der Waals surface area contributed by atoms with Crippen LogP contribution in [0, 0.1) is 0 Å². The molecule has 1 aromatic carbocycles. The summed E-state index contributed by atoms with van der Waals surface area (Å²) in [5.74, 6) is 0.562. The number of hydrogen-bond acceptors (Lipinski definition) is 5. The second-order valence-electron chi connectivity index (χ2n) is 5.01. The minimum atomic E-state index is 0.280. The molecule has 6 nitrogen and oxygen atoms in total. The van der Waals surface area contributed by atoms with Crippen LogP contribution in [0.4, 0.5) is 5.69 Å². The van der Waals surface area contributed by atoms with E-state index in [9.17, 15) is 0 Å². The molecule has 1 aliphatic rings. The number of rotatable bonds is 4. The second kappa shape index (κ2) is 6.17. The van der Waals surface area contributed by atoms with Crippen molar-refractivity contribution in [1.29, 1.82) is 0 Å². The minimum absolute atomic E-state index is 0.280. The van der Waals surface area contributed by atoms with Gasteiger partial charge in [-0.3, -0.25) is 0 Å². The number of hydrogen-bond donors (Lipinski definition) is 1. The SMILES string of the molecule is Nc1cc(Cl)c(Cl)c(-c2nnnn2CCC2CCCO2)c1. The van der Waals surface area contributed by atoms with Gasteiger partial charge in [-0.05, 0) is 41.8 Å². The van der Waals surface area contributed by atoms with E-state index in [0.29, 0.717) is 33.7 Å². The van der Waals surface area contributed by atoms with Gasteiger partial charge in [0.1, 0.15) is 0 Å². The summed E-state index contributed by atoms with van der Waals surface area (Å²) >= 11 is 12.3. The normalized spacial score (nSPS) is 18.3. The van der Waals surface area contributed by atoms with Crippen LogP contribution in [0.3, 0.4) is 0 Å². The number of aromatic nitrogens is 4. The van der Waals surface area contributed by atoms with Crippen LogP contribution in [-0.4, -0.2) is 32.9 Å². The number of nitrogens with two attached hydrogens (primary N) is 1. The molecular formula is C13H15Cl2N5O. The van der Waals surface area contributed by atoms with Gasteiger partial charge in [-0.2, -0.15) is 0 Å². The van der Waals surface area contributed by atoms with E-state index in [0.717, 1.165) is 25.9 Å². The first kappa shape index (κ1) is 14.6. The van der Waals surface area contributed by atoms with Gasteiger partial charge in [0.2, 0.25) is 0 Å². The number of nitrogen functional groups attached to an aromatic ring is 1. The molecule has 0 aliphatic carbocycles. The Kier molecular flexibility index (Phi) is 4.28. The number of halogens is 2. The monoisotopic (exact) mass is 327 g/mol. The maximum Gasteiger partial charge on any atom is 0.183 e. The molecular weight excluding hydrogens is 313 g/mol. The first-order chi connectivity index (χ1) is 10.1. The van der Waals surface area contributed by atoms with Gasteiger partial charge in [0.05, 0.1) is 16.1 Å². The smallest absolute Gasteiger partial charge is 0.183 e. The van der Waals surface area contributed by atoms with Crippen LogP contribution in [0.2, 0.25) is 10.0 Å². The third-order valence-electron chi connectivity index (χ3n) is 3.51. The van der Waals surface area contributed by atoms with Crippen molar-refractivity contribution in [3.8, 4) is 11.4 Å². The van der Waals surface area contributed by atoms with Crippen molar-refractivity contribution in [1.82, 2.24) is 20.2 Å². The Morgan fingerprint density at radius 2 is 2.24 bits per heavy atom. The minimum Gasteiger partial charge on any atom is -0.399 e. The number of tetrazole rings is 1. The number of anilines is 1. The van der Waals surface area contributed by atoms with Crippen molar-refractivity contribution in [2.75, 3.05) is 12.3 Å². The first-order valence-corrected chi connectivity index (χ1v) is 7.53. The quantitative estimate of drug-likeness (QED) is 0.873. The summed E-state index contributed by atoms with van der Waals surface area (Å²) in [5, 5.41) is 12.6. The Hall–Kier alpha value is -1.37. The number of benzene rings is 1. The number of ether oxygens (including phenoxy) is 1. The number of aryl methyl sites for hydroxylation is 1. The van der Waals surface area contributed by atoms with E-state index in [-0.39, 0.29) is 6.10 Å². The fourth-order valence-electron chi connectivity index (χ4n) is 2.46. The van der Waals surface area contributed by atoms with Crippen LogP contribution < -0.4 is 5.73 Å². The predicted molar refractivity (Wildman–Crippen MR) is 81.3 cm³/mol. The van der Waals surface area contributed by atoms with Crippen LogP contribution in [-0.2, 0) is 11.3 Å². The summed E-state index contributed by atoms with van der Waals surface area (Å²) in [6.07, 6.45) is 3.35. The highest BCUT2D eigenvalue weighted by Crippen LogP contribution is 2.34. The molecule has 1 saturated heterocycles. The Balaban J connectivity index is 1.84. The van der Waals surface area contributed by atoms with Gasteiger partial charge in [0.15, 0.2) is 5.82 Å². The van der Waals surface area contributed by atoms with E-state index < -0.39 is 0 Å². The molecule has 1 aliphatic heterocycles. The molecule has 0 saturated carbocycles. The zero-order valence-electron chi connectivity index (χ0n) is 11.3. The Bertz CT molecular complexity index is 639. The van der Waals surface area contributed by atoms with Crippen molar-refractivity contribution >= 4 is 28.9 Å². The first-order valence-electron chi connectivity index (χ1n) is 6.78. The van der Waals surface area contributed by atoms with E-state index in [1.165, 1.54) is 0 Å². The van der Waals surface area contributed by atoms with Crippen LogP contribution in [0.15, 0.2) is 12.1 Å². The molecule has 21 heavy (non-hydrogen) atoms. The van der Waals surface area contributed by atoms with Crippen molar-refractivity contribution in [3.05, 3.63) is 22.2 Å². The third kappa shape index (κ3) is 3.12. The van der Waals surface area contributed by atoms with E-state index in [4.69, 9.17) is 33.7 Å². The van der Waals surface area contributed by atoms with Gasteiger partial charge >= 0.3 is 0 Å².